The summed E-state index contributed by atoms with van der Waals surface area (Å²) < 4.78 is 17.4. The van der Waals surface area contributed by atoms with E-state index < -0.39 is 0 Å². The molecule has 1 fully saturated rings. The highest BCUT2D eigenvalue weighted by atomic mass is 16.5. The van der Waals surface area contributed by atoms with E-state index in [4.69, 9.17) is 19.2 Å². The van der Waals surface area contributed by atoms with Crippen molar-refractivity contribution < 1.29 is 14.2 Å². The number of aryl methyl sites for hydroxylation is 1. The van der Waals surface area contributed by atoms with Gasteiger partial charge in [-0.1, -0.05) is 0 Å². The first kappa shape index (κ1) is 20.5. The van der Waals surface area contributed by atoms with Gasteiger partial charge < -0.3 is 19.1 Å². The lowest BCUT2D eigenvalue weighted by Gasteiger charge is -2.17. The molecule has 4 rings (SSSR count). The lowest BCUT2D eigenvalue weighted by molar-refractivity contribution is 0.202. The van der Waals surface area contributed by atoms with Gasteiger partial charge in [0.25, 0.3) is 0 Å². The van der Waals surface area contributed by atoms with Crippen molar-refractivity contribution in [3.8, 4) is 17.4 Å². The Bertz CT molecular complexity index is 920. The normalized spacial score (nSPS) is 16.0. The first-order valence-corrected chi connectivity index (χ1v) is 10.7. The van der Waals surface area contributed by atoms with Crippen molar-refractivity contribution in [1.29, 1.82) is 0 Å². The third-order valence-corrected chi connectivity index (χ3v) is 5.97. The van der Waals surface area contributed by atoms with Crippen LogP contribution in [-0.4, -0.2) is 50.1 Å². The van der Waals surface area contributed by atoms with Crippen LogP contribution in [0.25, 0.3) is 0 Å². The number of fused-ring (bicyclic) bond motifs is 1. The second kappa shape index (κ2) is 8.54. The van der Waals surface area contributed by atoms with Crippen molar-refractivity contribution in [2.75, 3.05) is 27.8 Å². The number of hydrogen-bond acceptors (Lipinski definition) is 5. The number of pyridine rings is 1. The molecule has 6 nitrogen and oxygen atoms in total. The second-order valence-corrected chi connectivity index (χ2v) is 8.20. The molecule has 6 heteroatoms. The van der Waals surface area contributed by atoms with Crippen molar-refractivity contribution in [3.63, 3.8) is 0 Å². The van der Waals surface area contributed by atoms with Crippen molar-refractivity contribution in [1.82, 2.24) is 9.88 Å². The zero-order valence-electron chi connectivity index (χ0n) is 18.6. The minimum atomic E-state index is 0.0711. The summed E-state index contributed by atoms with van der Waals surface area (Å²) in [6.07, 6.45) is 6.03. The highest BCUT2D eigenvalue weighted by Crippen LogP contribution is 2.46. The summed E-state index contributed by atoms with van der Waals surface area (Å²) >= 11 is 0. The van der Waals surface area contributed by atoms with Gasteiger partial charge in [0.15, 0.2) is 11.5 Å². The molecule has 0 N–H and O–H groups in total. The van der Waals surface area contributed by atoms with Crippen molar-refractivity contribution in [2.24, 2.45) is 4.99 Å². The van der Waals surface area contributed by atoms with E-state index in [1.807, 2.05) is 20.3 Å². The fraction of sp³-hybridized carbons (Fsp3) is 0.500. The molecule has 1 saturated carbocycles. The molecular formula is C24H31N3O3. The molecule has 0 unspecified atom stereocenters. The monoisotopic (exact) mass is 409 g/mol. The molecule has 1 aromatic carbocycles. The SMILES string of the molecule is CCN(C)/C=N/c1cc(C2CC2)c(OC2Cc3cc(OC)c(OC)cc3C2)nc1C. The van der Waals surface area contributed by atoms with Crippen LogP contribution in [0.1, 0.15) is 48.1 Å². The zero-order chi connectivity index (χ0) is 21.3. The van der Waals surface area contributed by atoms with Crippen molar-refractivity contribution >= 4 is 12.0 Å². The van der Waals surface area contributed by atoms with Crippen LogP contribution in [0.5, 0.6) is 17.4 Å². The van der Waals surface area contributed by atoms with E-state index in [2.05, 4.69) is 35.0 Å². The summed E-state index contributed by atoms with van der Waals surface area (Å²) in [7, 11) is 5.36. The van der Waals surface area contributed by atoms with E-state index in [0.29, 0.717) is 5.92 Å². The average Bonchev–Trinajstić information content (AvgIpc) is 3.51. The molecule has 0 bridgehead atoms. The highest BCUT2D eigenvalue weighted by Gasteiger charge is 2.31. The van der Waals surface area contributed by atoms with E-state index in [9.17, 15) is 0 Å². The molecule has 30 heavy (non-hydrogen) atoms. The van der Waals surface area contributed by atoms with Crippen molar-refractivity contribution in [2.45, 2.75) is 51.6 Å². The van der Waals surface area contributed by atoms with Crippen LogP contribution in [0.4, 0.5) is 5.69 Å². The Kier molecular flexibility index (Phi) is 5.84. The van der Waals surface area contributed by atoms with Crippen LogP contribution in [0, 0.1) is 6.92 Å². The summed E-state index contributed by atoms with van der Waals surface area (Å²) in [4.78, 5) is 11.5. The Hall–Kier alpha value is -2.76. The van der Waals surface area contributed by atoms with Gasteiger partial charge in [0.2, 0.25) is 5.88 Å². The fourth-order valence-electron chi connectivity index (χ4n) is 3.89. The Labute approximate surface area is 178 Å². The van der Waals surface area contributed by atoms with Crippen molar-refractivity contribution in [3.05, 3.63) is 40.6 Å². The number of aromatic nitrogens is 1. The van der Waals surface area contributed by atoms with E-state index in [0.717, 1.165) is 48.1 Å². The number of nitrogens with zero attached hydrogens (tertiary/aromatic N) is 3. The maximum Gasteiger partial charge on any atom is 0.217 e. The maximum atomic E-state index is 6.46. The van der Waals surface area contributed by atoms with Gasteiger partial charge in [-0.2, -0.15) is 0 Å². The lowest BCUT2D eigenvalue weighted by Crippen LogP contribution is -2.18. The van der Waals surface area contributed by atoms with Crippen LogP contribution in [-0.2, 0) is 12.8 Å². The number of rotatable bonds is 8. The molecule has 0 aliphatic heterocycles. The molecule has 1 aromatic heterocycles. The predicted molar refractivity (Wildman–Crippen MR) is 119 cm³/mol. The van der Waals surface area contributed by atoms with Crippen LogP contribution in [0.15, 0.2) is 23.2 Å². The van der Waals surface area contributed by atoms with Gasteiger partial charge in [0.05, 0.1) is 31.9 Å². The molecule has 0 saturated heterocycles. The molecular weight excluding hydrogens is 378 g/mol. The molecule has 0 radical (unpaired) electrons. The summed E-state index contributed by atoms with van der Waals surface area (Å²) in [6.45, 7) is 5.03. The van der Waals surface area contributed by atoms with Crippen LogP contribution in [0.3, 0.4) is 0 Å². The van der Waals surface area contributed by atoms with Gasteiger partial charge in [0.1, 0.15) is 6.10 Å². The van der Waals surface area contributed by atoms with Gasteiger partial charge in [-0.3, -0.25) is 0 Å². The molecule has 0 spiro atoms. The van der Waals surface area contributed by atoms with Crippen LogP contribution >= 0.6 is 0 Å². The van der Waals surface area contributed by atoms with Crippen LogP contribution in [0.2, 0.25) is 0 Å². The number of ether oxygens (including phenoxy) is 3. The third-order valence-electron chi connectivity index (χ3n) is 5.97. The molecule has 2 aliphatic carbocycles. The quantitative estimate of drug-likeness (QED) is 0.476. The Morgan fingerprint density at radius 2 is 1.73 bits per heavy atom. The lowest BCUT2D eigenvalue weighted by atomic mass is 10.1. The first-order chi connectivity index (χ1) is 14.5. The summed E-state index contributed by atoms with van der Waals surface area (Å²) in [5, 5.41) is 0. The van der Waals surface area contributed by atoms with Crippen LogP contribution < -0.4 is 14.2 Å². The van der Waals surface area contributed by atoms with E-state index >= 15 is 0 Å². The number of methoxy groups -OCH3 is 2. The Morgan fingerprint density at radius 1 is 1.10 bits per heavy atom. The first-order valence-electron chi connectivity index (χ1n) is 10.7. The molecule has 160 valence electrons. The Morgan fingerprint density at radius 3 is 2.27 bits per heavy atom. The maximum absolute atomic E-state index is 6.46. The number of hydrogen-bond donors (Lipinski definition) is 0. The Balaban J connectivity index is 1.56. The zero-order valence-corrected chi connectivity index (χ0v) is 18.6. The molecule has 0 atom stereocenters. The van der Waals surface area contributed by atoms with Gasteiger partial charge in [-0.05, 0) is 61.9 Å². The number of aliphatic imine (C=N–C) groups is 1. The minimum absolute atomic E-state index is 0.0711. The summed E-state index contributed by atoms with van der Waals surface area (Å²) in [5.74, 6) is 2.84. The summed E-state index contributed by atoms with van der Waals surface area (Å²) in [5.41, 5.74) is 5.53. The highest BCUT2D eigenvalue weighted by molar-refractivity contribution is 5.63. The smallest absolute Gasteiger partial charge is 0.217 e. The van der Waals surface area contributed by atoms with Gasteiger partial charge in [-0.25, -0.2) is 9.98 Å². The molecule has 1 heterocycles. The minimum Gasteiger partial charge on any atom is -0.493 e. The molecule has 2 aliphatic rings. The van der Waals surface area contributed by atoms with Gasteiger partial charge >= 0.3 is 0 Å². The van der Waals surface area contributed by atoms with E-state index in [1.54, 1.807) is 14.2 Å². The van der Waals surface area contributed by atoms with E-state index in [-0.39, 0.29) is 6.10 Å². The second-order valence-electron chi connectivity index (χ2n) is 8.20. The largest absolute Gasteiger partial charge is 0.493 e. The van der Waals surface area contributed by atoms with Gasteiger partial charge in [-0.15, -0.1) is 0 Å². The van der Waals surface area contributed by atoms with Gasteiger partial charge in [0, 0.05) is 32.0 Å². The third kappa shape index (κ3) is 4.23. The predicted octanol–water partition coefficient (Wildman–Crippen LogP) is 4.44. The topological polar surface area (TPSA) is 56.2 Å². The number of benzene rings is 1. The average molecular weight is 410 g/mol. The van der Waals surface area contributed by atoms with E-state index in [1.165, 1.54) is 29.5 Å². The standard InChI is InChI=1S/C24H31N3O3/c1-6-27(3)14-25-21-13-20(16-7-8-16)24(26-15(21)2)30-19-9-17-11-22(28-4)23(29-5)12-18(17)10-19/h11-14,16,19H,6-10H2,1-5H3/b25-14+. The molecule has 2 aromatic rings. The summed E-state index contributed by atoms with van der Waals surface area (Å²) in [6, 6.07) is 6.31. The fourth-order valence-corrected chi connectivity index (χ4v) is 3.89. The molecule has 0 amide bonds.